The number of aryl methyl sites for hydroxylation is 1. The van der Waals surface area contributed by atoms with Crippen molar-refractivity contribution in [2.45, 2.75) is 6.92 Å². The highest BCUT2D eigenvalue weighted by molar-refractivity contribution is 5.65. The molecule has 0 atom stereocenters. The van der Waals surface area contributed by atoms with Gasteiger partial charge in [-0.3, -0.25) is 9.78 Å². The van der Waals surface area contributed by atoms with Gasteiger partial charge in [0.15, 0.2) is 0 Å². The molecule has 0 saturated heterocycles. The number of hydrogen-bond acceptors (Lipinski definition) is 3. The number of aromatic amines is 1. The molecule has 5 heteroatoms. The Morgan fingerprint density at radius 2 is 2.00 bits per heavy atom. The van der Waals surface area contributed by atoms with E-state index in [1.807, 2.05) is 37.3 Å². The van der Waals surface area contributed by atoms with Crippen LogP contribution in [0.4, 0.5) is 0 Å². The zero-order chi connectivity index (χ0) is 11.8. The Kier molecular flexibility index (Phi) is 2.04. The maximum atomic E-state index is 12.0. The maximum Gasteiger partial charge on any atom is 0.260 e. The number of fused-ring (bicyclic) bond motifs is 1. The SMILES string of the molecule is Cc1c(-c2ccccc2)c(=O)[nH]c2ncnn12. The third-order valence-electron chi connectivity index (χ3n) is 2.74. The van der Waals surface area contributed by atoms with E-state index in [-0.39, 0.29) is 5.56 Å². The first-order valence-corrected chi connectivity index (χ1v) is 5.25. The fourth-order valence-electron chi connectivity index (χ4n) is 1.95. The lowest BCUT2D eigenvalue weighted by Crippen LogP contribution is -2.15. The minimum atomic E-state index is -0.144. The third-order valence-corrected chi connectivity index (χ3v) is 2.74. The Balaban J connectivity index is 2.40. The Morgan fingerprint density at radius 3 is 2.76 bits per heavy atom. The van der Waals surface area contributed by atoms with Gasteiger partial charge in [-0.25, -0.2) is 4.52 Å². The van der Waals surface area contributed by atoms with Crippen molar-refractivity contribution < 1.29 is 0 Å². The fraction of sp³-hybridized carbons (Fsp3) is 0.0833. The molecule has 3 aromatic rings. The van der Waals surface area contributed by atoms with Crippen LogP contribution in [0.25, 0.3) is 16.9 Å². The van der Waals surface area contributed by atoms with Gasteiger partial charge in [0.2, 0.25) is 5.78 Å². The third kappa shape index (κ3) is 1.44. The molecule has 0 aliphatic heterocycles. The van der Waals surface area contributed by atoms with Crippen LogP contribution in [0.3, 0.4) is 0 Å². The first-order valence-electron chi connectivity index (χ1n) is 5.25. The van der Waals surface area contributed by atoms with Gasteiger partial charge in [0.1, 0.15) is 6.33 Å². The lowest BCUT2D eigenvalue weighted by atomic mass is 10.1. The Hall–Kier alpha value is -2.43. The van der Waals surface area contributed by atoms with Crippen molar-refractivity contribution in [3.63, 3.8) is 0 Å². The lowest BCUT2D eigenvalue weighted by Gasteiger charge is -2.05. The number of aromatic nitrogens is 4. The largest absolute Gasteiger partial charge is 0.290 e. The molecule has 3 rings (SSSR count). The van der Waals surface area contributed by atoms with Crippen molar-refractivity contribution in [1.29, 1.82) is 0 Å². The molecule has 0 saturated carbocycles. The minimum absolute atomic E-state index is 0.144. The van der Waals surface area contributed by atoms with Crippen LogP contribution in [0, 0.1) is 6.92 Å². The van der Waals surface area contributed by atoms with Crippen molar-refractivity contribution in [2.75, 3.05) is 0 Å². The molecule has 84 valence electrons. The minimum Gasteiger partial charge on any atom is -0.290 e. The molecule has 0 spiro atoms. The first kappa shape index (κ1) is 9.77. The Labute approximate surface area is 96.8 Å². The van der Waals surface area contributed by atoms with Crippen LogP contribution in [-0.2, 0) is 0 Å². The van der Waals surface area contributed by atoms with Crippen molar-refractivity contribution in [2.24, 2.45) is 0 Å². The van der Waals surface area contributed by atoms with E-state index in [1.165, 1.54) is 6.33 Å². The van der Waals surface area contributed by atoms with Crippen molar-refractivity contribution in [3.05, 3.63) is 52.7 Å². The summed E-state index contributed by atoms with van der Waals surface area (Å²) in [5.41, 5.74) is 2.15. The van der Waals surface area contributed by atoms with Crippen LogP contribution in [0.15, 0.2) is 41.5 Å². The van der Waals surface area contributed by atoms with Crippen LogP contribution in [-0.4, -0.2) is 19.6 Å². The summed E-state index contributed by atoms with van der Waals surface area (Å²) in [6.07, 6.45) is 1.42. The molecule has 0 unspecified atom stereocenters. The Morgan fingerprint density at radius 1 is 1.24 bits per heavy atom. The molecule has 2 heterocycles. The lowest BCUT2D eigenvalue weighted by molar-refractivity contribution is 0.889. The van der Waals surface area contributed by atoms with E-state index < -0.39 is 0 Å². The number of rotatable bonds is 1. The van der Waals surface area contributed by atoms with Gasteiger partial charge in [-0.15, -0.1) is 0 Å². The maximum absolute atomic E-state index is 12.0. The van der Waals surface area contributed by atoms with Gasteiger partial charge in [-0.1, -0.05) is 30.3 Å². The molecule has 1 aromatic carbocycles. The van der Waals surface area contributed by atoms with Gasteiger partial charge in [0.05, 0.1) is 11.3 Å². The molecule has 0 radical (unpaired) electrons. The zero-order valence-corrected chi connectivity index (χ0v) is 9.21. The summed E-state index contributed by atoms with van der Waals surface area (Å²) in [6.45, 7) is 1.86. The number of hydrogen-bond donors (Lipinski definition) is 1. The van der Waals surface area contributed by atoms with E-state index in [4.69, 9.17) is 0 Å². The van der Waals surface area contributed by atoms with Crippen LogP contribution >= 0.6 is 0 Å². The molecule has 1 N–H and O–H groups in total. The van der Waals surface area contributed by atoms with E-state index in [1.54, 1.807) is 4.52 Å². The van der Waals surface area contributed by atoms with Gasteiger partial charge in [-0.2, -0.15) is 10.1 Å². The van der Waals surface area contributed by atoms with Crippen molar-refractivity contribution in [3.8, 4) is 11.1 Å². The topological polar surface area (TPSA) is 63.0 Å². The predicted octanol–water partition coefficient (Wildman–Crippen LogP) is 1.39. The standard InChI is InChI=1S/C12H10N4O/c1-8-10(9-5-3-2-4-6-9)11(17)15-12-13-7-14-16(8)12/h2-7H,1H3,(H,13,14,15,17). The smallest absolute Gasteiger partial charge is 0.260 e. The van der Waals surface area contributed by atoms with E-state index in [2.05, 4.69) is 15.1 Å². The van der Waals surface area contributed by atoms with E-state index in [0.717, 1.165) is 11.3 Å². The van der Waals surface area contributed by atoms with Gasteiger partial charge in [-0.05, 0) is 12.5 Å². The normalized spacial score (nSPS) is 10.9. The molecule has 0 bridgehead atoms. The molecular formula is C12H10N4O. The summed E-state index contributed by atoms with van der Waals surface area (Å²) in [7, 11) is 0. The fourth-order valence-corrected chi connectivity index (χ4v) is 1.95. The second-order valence-corrected chi connectivity index (χ2v) is 3.78. The average Bonchev–Trinajstić information content (AvgIpc) is 2.78. The summed E-state index contributed by atoms with van der Waals surface area (Å²) >= 11 is 0. The Bertz CT molecular complexity index is 727. The van der Waals surface area contributed by atoms with Gasteiger partial charge < -0.3 is 0 Å². The highest BCUT2D eigenvalue weighted by Crippen LogP contribution is 2.18. The number of H-pyrrole nitrogens is 1. The highest BCUT2D eigenvalue weighted by atomic mass is 16.1. The summed E-state index contributed by atoms with van der Waals surface area (Å²) in [5, 5.41) is 4.08. The van der Waals surface area contributed by atoms with Gasteiger partial charge >= 0.3 is 0 Å². The molecule has 0 aliphatic carbocycles. The van der Waals surface area contributed by atoms with E-state index in [0.29, 0.717) is 11.3 Å². The zero-order valence-electron chi connectivity index (χ0n) is 9.21. The molecule has 0 aliphatic rings. The van der Waals surface area contributed by atoms with Crippen LogP contribution in [0.2, 0.25) is 0 Å². The summed E-state index contributed by atoms with van der Waals surface area (Å²) in [6, 6.07) is 9.53. The second kappa shape index (κ2) is 3.55. The number of nitrogens with one attached hydrogen (secondary N) is 1. The predicted molar refractivity (Wildman–Crippen MR) is 63.8 cm³/mol. The highest BCUT2D eigenvalue weighted by Gasteiger charge is 2.11. The molecule has 0 fully saturated rings. The second-order valence-electron chi connectivity index (χ2n) is 3.78. The monoisotopic (exact) mass is 226 g/mol. The van der Waals surface area contributed by atoms with Gasteiger partial charge in [0, 0.05) is 0 Å². The first-order chi connectivity index (χ1) is 8.27. The molecule has 17 heavy (non-hydrogen) atoms. The summed E-state index contributed by atoms with van der Waals surface area (Å²) < 4.78 is 1.63. The van der Waals surface area contributed by atoms with Crippen LogP contribution < -0.4 is 5.56 Å². The molecule has 5 nitrogen and oxygen atoms in total. The molecular weight excluding hydrogens is 216 g/mol. The van der Waals surface area contributed by atoms with E-state index >= 15 is 0 Å². The van der Waals surface area contributed by atoms with Crippen molar-refractivity contribution >= 4 is 5.78 Å². The van der Waals surface area contributed by atoms with Crippen LogP contribution in [0.1, 0.15) is 5.69 Å². The van der Waals surface area contributed by atoms with Gasteiger partial charge in [0.25, 0.3) is 5.56 Å². The van der Waals surface area contributed by atoms with Crippen LogP contribution in [0.5, 0.6) is 0 Å². The number of nitrogens with zero attached hydrogens (tertiary/aromatic N) is 3. The van der Waals surface area contributed by atoms with E-state index in [9.17, 15) is 4.79 Å². The molecule has 0 amide bonds. The average molecular weight is 226 g/mol. The summed E-state index contributed by atoms with van der Waals surface area (Å²) in [5.74, 6) is 0.465. The summed E-state index contributed by atoms with van der Waals surface area (Å²) in [4.78, 5) is 18.7. The van der Waals surface area contributed by atoms with Crippen molar-refractivity contribution in [1.82, 2.24) is 19.6 Å². The quantitative estimate of drug-likeness (QED) is 0.682. The number of benzene rings is 1. The molecule has 2 aromatic heterocycles.